The summed E-state index contributed by atoms with van der Waals surface area (Å²) in [6.45, 7) is 2.62. The van der Waals surface area contributed by atoms with Gasteiger partial charge in [0, 0.05) is 24.9 Å². The molecular formula is C12H16N2O. The SMILES string of the molecule is CC(C(=O)NCc1ccncc1)C1CC1. The van der Waals surface area contributed by atoms with Crippen molar-refractivity contribution in [3.8, 4) is 0 Å². The Bertz CT molecular complexity index is 333. The zero-order chi connectivity index (χ0) is 10.7. The normalized spacial score (nSPS) is 17.1. The van der Waals surface area contributed by atoms with Crippen molar-refractivity contribution >= 4 is 5.91 Å². The van der Waals surface area contributed by atoms with Gasteiger partial charge in [0.1, 0.15) is 0 Å². The number of amides is 1. The minimum Gasteiger partial charge on any atom is -0.352 e. The molecule has 2 rings (SSSR count). The van der Waals surface area contributed by atoms with Crippen LogP contribution >= 0.6 is 0 Å². The standard InChI is InChI=1S/C12H16N2O/c1-9(11-2-3-11)12(15)14-8-10-4-6-13-7-5-10/h4-7,9,11H,2-3,8H2,1H3,(H,14,15). The summed E-state index contributed by atoms with van der Waals surface area (Å²) in [4.78, 5) is 15.6. The molecule has 1 N–H and O–H groups in total. The largest absolute Gasteiger partial charge is 0.352 e. The number of aromatic nitrogens is 1. The Kier molecular flexibility index (Phi) is 2.99. The predicted molar refractivity (Wildman–Crippen MR) is 58.0 cm³/mol. The Morgan fingerprint density at radius 2 is 2.20 bits per heavy atom. The number of carbonyl (C=O) groups excluding carboxylic acids is 1. The van der Waals surface area contributed by atoms with Crippen molar-refractivity contribution in [2.24, 2.45) is 11.8 Å². The Morgan fingerprint density at radius 1 is 1.53 bits per heavy atom. The van der Waals surface area contributed by atoms with Gasteiger partial charge in [0.15, 0.2) is 0 Å². The first-order chi connectivity index (χ1) is 7.27. The van der Waals surface area contributed by atoms with E-state index in [9.17, 15) is 4.79 Å². The molecule has 0 spiro atoms. The van der Waals surface area contributed by atoms with E-state index < -0.39 is 0 Å². The molecule has 1 aliphatic carbocycles. The third-order valence-corrected chi connectivity index (χ3v) is 2.96. The van der Waals surface area contributed by atoms with Crippen molar-refractivity contribution in [2.45, 2.75) is 26.3 Å². The van der Waals surface area contributed by atoms with Crippen LogP contribution in [0.4, 0.5) is 0 Å². The summed E-state index contributed by atoms with van der Waals surface area (Å²) >= 11 is 0. The van der Waals surface area contributed by atoms with E-state index in [4.69, 9.17) is 0 Å². The first-order valence-electron chi connectivity index (χ1n) is 5.44. The molecule has 1 unspecified atom stereocenters. The van der Waals surface area contributed by atoms with Gasteiger partial charge in [-0.1, -0.05) is 6.92 Å². The molecule has 1 saturated carbocycles. The van der Waals surface area contributed by atoms with Crippen LogP contribution in [0, 0.1) is 11.8 Å². The highest BCUT2D eigenvalue weighted by atomic mass is 16.1. The second-order valence-electron chi connectivity index (χ2n) is 4.20. The summed E-state index contributed by atoms with van der Waals surface area (Å²) in [6.07, 6.45) is 5.91. The summed E-state index contributed by atoms with van der Waals surface area (Å²) in [5, 5.41) is 2.95. The molecule has 15 heavy (non-hydrogen) atoms. The quantitative estimate of drug-likeness (QED) is 0.811. The number of hydrogen-bond acceptors (Lipinski definition) is 2. The summed E-state index contributed by atoms with van der Waals surface area (Å²) in [6, 6.07) is 3.84. The van der Waals surface area contributed by atoms with Gasteiger partial charge in [0.2, 0.25) is 5.91 Å². The van der Waals surface area contributed by atoms with Gasteiger partial charge in [0.25, 0.3) is 0 Å². The maximum absolute atomic E-state index is 11.7. The molecule has 3 nitrogen and oxygen atoms in total. The Morgan fingerprint density at radius 3 is 2.80 bits per heavy atom. The second-order valence-corrected chi connectivity index (χ2v) is 4.20. The van der Waals surface area contributed by atoms with Crippen LogP contribution in [0.3, 0.4) is 0 Å². The monoisotopic (exact) mass is 204 g/mol. The van der Waals surface area contributed by atoms with Crippen LogP contribution < -0.4 is 5.32 Å². The fourth-order valence-electron chi connectivity index (χ4n) is 1.66. The molecule has 0 aliphatic heterocycles. The minimum absolute atomic E-state index is 0.173. The van der Waals surface area contributed by atoms with E-state index in [1.807, 2.05) is 19.1 Å². The lowest BCUT2D eigenvalue weighted by Gasteiger charge is -2.10. The third kappa shape index (κ3) is 2.78. The summed E-state index contributed by atoms with van der Waals surface area (Å²) in [5.41, 5.74) is 1.10. The predicted octanol–water partition coefficient (Wildman–Crippen LogP) is 1.74. The number of carbonyl (C=O) groups is 1. The topological polar surface area (TPSA) is 42.0 Å². The highest BCUT2D eigenvalue weighted by Crippen LogP contribution is 2.36. The molecule has 0 aromatic carbocycles. The van der Waals surface area contributed by atoms with Crippen molar-refractivity contribution in [2.75, 3.05) is 0 Å². The molecule has 1 heterocycles. The van der Waals surface area contributed by atoms with Crippen LogP contribution in [0.25, 0.3) is 0 Å². The lowest BCUT2D eigenvalue weighted by molar-refractivity contribution is -0.125. The molecule has 1 amide bonds. The van der Waals surface area contributed by atoms with E-state index in [1.54, 1.807) is 12.4 Å². The number of pyridine rings is 1. The van der Waals surface area contributed by atoms with Gasteiger partial charge in [-0.2, -0.15) is 0 Å². The number of hydrogen-bond donors (Lipinski definition) is 1. The summed E-state index contributed by atoms with van der Waals surface area (Å²) in [5.74, 6) is 0.976. The zero-order valence-corrected chi connectivity index (χ0v) is 8.94. The lowest BCUT2D eigenvalue weighted by Crippen LogP contribution is -2.29. The van der Waals surface area contributed by atoms with Crippen molar-refractivity contribution in [3.63, 3.8) is 0 Å². The van der Waals surface area contributed by atoms with E-state index in [0.717, 1.165) is 5.56 Å². The van der Waals surface area contributed by atoms with Crippen molar-refractivity contribution < 1.29 is 4.79 Å². The fourth-order valence-corrected chi connectivity index (χ4v) is 1.66. The van der Waals surface area contributed by atoms with Crippen LogP contribution in [0.15, 0.2) is 24.5 Å². The zero-order valence-electron chi connectivity index (χ0n) is 8.94. The van der Waals surface area contributed by atoms with Crippen LogP contribution in [0.5, 0.6) is 0 Å². The molecule has 1 atom stereocenters. The van der Waals surface area contributed by atoms with Gasteiger partial charge in [-0.15, -0.1) is 0 Å². The van der Waals surface area contributed by atoms with Gasteiger partial charge >= 0.3 is 0 Å². The Balaban J connectivity index is 1.80. The Hall–Kier alpha value is -1.38. The van der Waals surface area contributed by atoms with Crippen LogP contribution in [-0.4, -0.2) is 10.9 Å². The first kappa shape index (κ1) is 10.1. The molecule has 0 saturated heterocycles. The van der Waals surface area contributed by atoms with Crippen LogP contribution in [0.2, 0.25) is 0 Å². The molecule has 0 radical (unpaired) electrons. The van der Waals surface area contributed by atoms with E-state index >= 15 is 0 Å². The minimum atomic E-state index is 0.173. The van der Waals surface area contributed by atoms with E-state index in [-0.39, 0.29) is 11.8 Å². The smallest absolute Gasteiger partial charge is 0.223 e. The molecule has 1 aromatic heterocycles. The lowest BCUT2D eigenvalue weighted by atomic mass is 10.1. The van der Waals surface area contributed by atoms with E-state index in [1.165, 1.54) is 12.8 Å². The highest BCUT2D eigenvalue weighted by molar-refractivity contribution is 5.78. The van der Waals surface area contributed by atoms with Gasteiger partial charge in [-0.25, -0.2) is 0 Å². The molecule has 0 bridgehead atoms. The van der Waals surface area contributed by atoms with Crippen LogP contribution in [-0.2, 0) is 11.3 Å². The van der Waals surface area contributed by atoms with E-state index in [2.05, 4.69) is 10.3 Å². The summed E-state index contributed by atoms with van der Waals surface area (Å²) in [7, 11) is 0. The van der Waals surface area contributed by atoms with Crippen molar-refractivity contribution in [1.29, 1.82) is 0 Å². The molecule has 1 aliphatic rings. The average Bonchev–Trinajstić information content (AvgIpc) is 3.10. The fraction of sp³-hybridized carbons (Fsp3) is 0.500. The second kappa shape index (κ2) is 4.43. The molecular weight excluding hydrogens is 188 g/mol. The van der Waals surface area contributed by atoms with Gasteiger partial charge in [-0.05, 0) is 36.5 Å². The molecule has 80 valence electrons. The van der Waals surface area contributed by atoms with Crippen molar-refractivity contribution in [1.82, 2.24) is 10.3 Å². The highest BCUT2D eigenvalue weighted by Gasteiger charge is 2.32. The maximum Gasteiger partial charge on any atom is 0.223 e. The number of nitrogens with zero attached hydrogens (tertiary/aromatic N) is 1. The van der Waals surface area contributed by atoms with Gasteiger partial charge < -0.3 is 5.32 Å². The summed E-state index contributed by atoms with van der Waals surface area (Å²) < 4.78 is 0. The Labute approximate surface area is 89.9 Å². The molecule has 1 fully saturated rings. The average molecular weight is 204 g/mol. The maximum atomic E-state index is 11.7. The van der Waals surface area contributed by atoms with Crippen molar-refractivity contribution in [3.05, 3.63) is 30.1 Å². The number of rotatable bonds is 4. The molecule has 1 aromatic rings. The van der Waals surface area contributed by atoms with Gasteiger partial charge in [0.05, 0.1) is 0 Å². The van der Waals surface area contributed by atoms with Crippen LogP contribution in [0.1, 0.15) is 25.3 Å². The van der Waals surface area contributed by atoms with Gasteiger partial charge in [-0.3, -0.25) is 9.78 Å². The van der Waals surface area contributed by atoms with E-state index in [0.29, 0.717) is 12.5 Å². The number of nitrogens with one attached hydrogen (secondary N) is 1. The third-order valence-electron chi connectivity index (χ3n) is 2.96. The first-order valence-corrected chi connectivity index (χ1v) is 5.44. The molecule has 3 heteroatoms.